The van der Waals surface area contributed by atoms with E-state index in [1.165, 1.54) is 12.5 Å². The molecule has 3 heterocycles. The number of carbonyl (C=O) groups excluding carboxylic acids is 2. The number of anilines is 1. The van der Waals surface area contributed by atoms with E-state index in [4.69, 9.17) is 0 Å². The van der Waals surface area contributed by atoms with Gasteiger partial charge in [0.05, 0.1) is 5.60 Å². The number of piperidine rings is 1. The second-order valence-electron chi connectivity index (χ2n) is 8.24. The molecule has 2 aliphatic rings. The summed E-state index contributed by atoms with van der Waals surface area (Å²) in [6.45, 7) is 3.07. The van der Waals surface area contributed by atoms with Crippen molar-refractivity contribution in [2.24, 2.45) is 0 Å². The summed E-state index contributed by atoms with van der Waals surface area (Å²) >= 11 is 0. The van der Waals surface area contributed by atoms with Crippen LogP contribution in [0.2, 0.25) is 0 Å². The van der Waals surface area contributed by atoms with Gasteiger partial charge in [0.1, 0.15) is 5.82 Å². The standard InChI is InChI=1S/C21H31N5O5/c1-14(27)24-17(19(28)29)21(31)8-12-26(13-9-21)20(30)23-11-3-5-16-7-6-15-4-2-10-22-18(15)25-16/h6-7,17,31H,2-5,8-13H2,1H3,(H,22,25)(H,23,30)(H,24,27)(H,28,29)/t17-/m1/s1. The van der Waals surface area contributed by atoms with E-state index in [9.17, 15) is 24.6 Å². The largest absolute Gasteiger partial charge is 0.480 e. The molecule has 1 fully saturated rings. The number of fused-ring (bicyclic) bond motifs is 1. The molecule has 3 rings (SSSR count). The highest BCUT2D eigenvalue weighted by Crippen LogP contribution is 2.26. The Bertz CT molecular complexity index is 822. The van der Waals surface area contributed by atoms with Gasteiger partial charge in [-0.25, -0.2) is 14.6 Å². The summed E-state index contributed by atoms with van der Waals surface area (Å²) in [5, 5.41) is 28.5. The number of aliphatic carboxylic acids is 1. The van der Waals surface area contributed by atoms with Gasteiger partial charge in [0, 0.05) is 38.8 Å². The lowest BCUT2D eigenvalue weighted by molar-refractivity contribution is -0.152. The van der Waals surface area contributed by atoms with Gasteiger partial charge in [-0.05, 0) is 50.2 Å². The normalized spacial score (nSPS) is 18.3. The molecule has 2 aliphatic heterocycles. The lowest BCUT2D eigenvalue weighted by Crippen LogP contribution is -2.61. The quantitative estimate of drug-likeness (QED) is 0.394. The highest BCUT2D eigenvalue weighted by molar-refractivity contribution is 5.83. The highest BCUT2D eigenvalue weighted by Gasteiger charge is 2.45. The van der Waals surface area contributed by atoms with Crippen molar-refractivity contribution in [3.8, 4) is 0 Å². The van der Waals surface area contributed by atoms with E-state index in [0.29, 0.717) is 6.54 Å². The number of hydrogen-bond acceptors (Lipinski definition) is 6. The van der Waals surface area contributed by atoms with Gasteiger partial charge in [0.25, 0.3) is 0 Å². The monoisotopic (exact) mass is 433 g/mol. The molecule has 10 heteroatoms. The minimum Gasteiger partial charge on any atom is -0.480 e. The van der Waals surface area contributed by atoms with Crippen LogP contribution in [0.25, 0.3) is 0 Å². The zero-order chi connectivity index (χ0) is 22.4. The molecule has 1 saturated heterocycles. The summed E-state index contributed by atoms with van der Waals surface area (Å²) < 4.78 is 0. The molecular formula is C21H31N5O5. The third-order valence-electron chi connectivity index (χ3n) is 5.89. The van der Waals surface area contributed by atoms with Gasteiger partial charge in [0.2, 0.25) is 5.91 Å². The first kappa shape index (κ1) is 22.8. The Hall–Kier alpha value is -2.88. The third-order valence-corrected chi connectivity index (χ3v) is 5.89. The van der Waals surface area contributed by atoms with E-state index >= 15 is 0 Å². The predicted molar refractivity (Wildman–Crippen MR) is 114 cm³/mol. The zero-order valence-corrected chi connectivity index (χ0v) is 17.8. The second kappa shape index (κ2) is 9.95. The van der Waals surface area contributed by atoms with E-state index < -0.39 is 23.5 Å². The number of pyridine rings is 1. The Kier molecular flexibility index (Phi) is 7.32. The molecule has 0 bridgehead atoms. The van der Waals surface area contributed by atoms with Crippen LogP contribution in [0.1, 0.15) is 43.9 Å². The van der Waals surface area contributed by atoms with E-state index in [1.54, 1.807) is 4.90 Å². The molecule has 5 N–H and O–H groups in total. The molecule has 31 heavy (non-hydrogen) atoms. The van der Waals surface area contributed by atoms with Gasteiger partial charge < -0.3 is 31.1 Å². The van der Waals surface area contributed by atoms with Crippen LogP contribution in [0.15, 0.2) is 12.1 Å². The number of nitrogens with zero attached hydrogens (tertiary/aromatic N) is 2. The molecular weight excluding hydrogens is 402 g/mol. The second-order valence-corrected chi connectivity index (χ2v) is 8.24. The molecule has 0 unspecified atom stereocenters. The number of carboxylic acid groups (broad SMARTS) is 1. The number of aliphatic hydroxyl groups is 1. The molecule has 0 radical (unpaired) electrons. The van der Waals surface area contributed by atoms with Gasteiger partial charge in [0.15, 0.2) is 6.04 Å². The van der Waals surface area contributed by atoms with Crippen molar-refractivity contribution >= 4 is 23.7 Å². The van der Waals surface area contributed by atoms with Gasteiger partial charge in [-0.3, -0.25) is 4.79 Å². The molecule has 0 spiro atoms. The Balaban J connectivity index is 1.42. The summed E-state index contributed by atoms with van der Waals surface area (Å²) in [4.78, 5) is 41.3. The molecule has 1 atom stereocenters. The summed E-state index contributed by atoms with van der Waals surface area (Å²) in [5.74, 6) is -0.848. The summed E-state index contributed by atoms with van der Waals surface area (Å²) in [6, 6.07) is 2.51. The Morgan fingerprint density at radius 2 is 2.03 bits per heavy atom. The summed E-state index contributed by atoms with van der Waals surface area (Å²) in [5.41, 5.74) is 0.653. The van der Waals surface area contributed by atoms with Crippen molar-refractivity contribution < 1.29 is 24.6 Å². The minimum atomic E-state index is -1.58. The van der Waals surface area contributed by atoms with Crippen molar-refractivity contribution in [3.63, 3.8) is 0 Å². The van der Waals surface area contributed by atoms with Crippen LogP contribution in [0.3, 0.4) is 0 Å². The molecule has 3 amide bonds. The van der Waals surface area contributed by atoms with Crippen LogP contribution in [0.4, 0.5) is 10.6 Å². The van der Waals surface area contributed by atoms with E-state index in [1.807, 2.05) is 6.07 Å². The zero-order valence-electron chi connectivity index (χ0n) is 17.8. The predicted octanol–water partition coefficient (Wildman–Crippen LogP) is 0.498. The first-order valence-electron chi connectivity index (χ1n) is 10.8. The molecule has 170 valence electrons. The van der Waals surface area contributed by atoms with Crippen molar-refractivity contribution in [2.75, 3.05) is 31.5 Å². The maximum atomic E-state index is 12.4. The summed E-state index contributed by atoms with van der Waals surface area (Å²) in [6.07, 6.45) is 3.82. The number of urea groups is 1. The number of aryl methyl sites for hydroxylation is 2. The van der Waals surface area contributed by atoms with Crippen LogP contribution < -0.4 is 16.0 Å². The first-order chi connectivity index (χ1) is 14.8. The number of nitrogens with one attached hydrogen (secondary N) is 3. The number of rotatable bonds is 7. The SMILES string of the molecule is CC(=O)N[C@H](C(=O)O)C1(O)CCN(C(=O)NCCCc2ccc3c(n2)NCCC3)CC1. The maximum Gasteiger partial charge on any atom is 0.329 e. The van der Waals surface area contributed by atoms with Gasteiger partial charge in [-0.2, -0.15) is 0 Å². The molecule has 10 nitrogen and oxygen atoms in total. The van der Waals surface area contributed by atoms with Crippen molar-refractivity contribution in [1.29, 1.82) is 0 Å². The smallest absolute Gasteiger partial charge is 0.329 e. The number of carbonyl (C=O) groups is 3. The number of amides is 3. The lowest BCUT2D eigenvalue weighted by Gasteiger charge is -2.41. The Labute approximate surface area is 181 Å². The fourth-order valence-electron chi connectivity index (χ4n) is 4.10. The average Bonchev–Trinajstić information content (AvgIpc) is 2.75. The maximum absolute atomic E-state index is 12.4. The van der Waals surface area contributed by atoms with Crippen LogP contribution in [-0.2, 0) is 22.4 Å². The highest BCUT2D eigenvalue weighted by atomic mass is 16.4. The fraction of sp³-hybridized carbons (Fsp3) is 0.619. The van der Waals surface area contributed by atoms with Crippen molar-refractivity contribution in [2.45, 2.75) is 57.1 Å². The number of likely N-dealkylation sites (tertiary alicyclic amines) is 1. The Morgan fingerprint density at radius 3 is 2.71 bits per heavy atom. The van der Waals surface area contributed by atoms with Gasteiger partial charge in [-0.15, -0.1) is 0 Å². The number of hydrogen-bond donors (Lipinski definition) is 5. The number of carboxylic acids is 1. The molecule has 0 saturated carbocycles. The Morgan fingerprint density at radius 1 is 1.29 bits per heavy atom. The molecule has 0 aliphatic carbocycles. The third kappa shape index (κ3) is 5.84. The van der Waals surface area contributed by atoms with Gasteiger partial charge >= 0.3 is 12.0 Å². The van der Waals surface area contributed by atoms with Crippen LogP contribution in [0, 0.1) is 0 Å². The average molecular weight is 434 g/mol. The number of aromatic nitrogens is 1. The van der Waals surface area contributed by atoms with E-state index in [2.05, 4.69) is 27.0 Å². The summed E-state index contributed by atoms with van der Waals surface area (Å²) in [7, 11) is 0. The van der Waals surface area contributed by atoms with Gasteiger partial charge in [-0.1, -0.05) is 6.07 Å². The topological polar surface area (TPSA) is 144 Å². The molecule has 0 aromatic carbocycles. The van der Waals surface area contributed by atoms with Crippen molar-refractivity contribution in [3.05, 3.63) is 23.4 Å². The van der Waals surface area contributed by atoms with Crippen molar-refractivity contribution in [1.82, 2.24) is 20.5 Å². The van der Waals surface area contributed by atoms with E-state index in [0.717, 1.165) is 43.7 Å². The molecule has 1 aromatic rings. The van der Waals surface area contributed by atoms with Crippen LogP contribution >= 0.6 is 0 Å². The van der Waals surface area contributed by atoms with Crippen LogP contribution in [-0.4, -0.2) is 75.8 Å². The molecule has 1 aromatic heterocycles. The van der Waals surface area contributed by atoms with Crippen LogP contribution in [0.5, 0.6) is 0 Å². The van der Waals surface area contributed by atoms with E-state index in [-0.39, 0.29) is 32.0 Å². The minimum absolute atomic E-state index is 0.0731. The fourth-order valence-corrected chi connectivity index (χ4v) is 4.10. The lowest BCUT2D eigenvalue weighted by atomic mass is 9.84. The first-order valence-corrected chi connectivity index (χ1v) is 10.8.